The van der Waals surface area contributed by atoms with E-state index in [0.717, 1.165) is 43.4 Å². The molecule has 2 aliphatic heterocycles. The van der Waals surface area contributed by atoms with Gasteiger partial charge in [0, 0.05) is 24.7 Å². The molecule has 0 bridgehead atoms. The van der Waals surface area contributed by atoms with Gasteiger partial charge in [0.2, 0.25) is 10.0 Å². The van der Waals surface area contributed by atoms with Crippen molar-refractivity contribution in [3.05, 3.63) is 59.7 Å². The average molecular weight is 443 g/mol. The third kappa shape index (κ3) is 4.34. The number of carbonyl (C=O) groups excluding carboxylic acids is 1. The van der Waals surface area contributed by atoms with Gasteiger partial charge >= 0.3 is 0 Å². The van der Waals surface area contributed by atoms with E-state index in [1.165, 1.54) is 0 Å². The van der Waals surface area contributed by atoms with Crippen LogP contribution in [0.1, 0.15) is 61.0 Å². The zero-order chi connectivity index (χ0) is 22.0. The lowest BCUT2D eigenvalue weighted by molar-refractivity contribution is 0.0735. The number of methoxy groups -OCH3 is 1. The van der Waals surface area contributed by atoms with E-state index in [-0.39, 0.29) is 22.9 Å². The topological polar surface area (TPSA) is 66.9 Å². The quantitative estimate of drug-likeness (QED) is 0.695. The van der Waals surface area contributed by atoms with Gasteiger partial charge in [-0.3, -0.25) is 4.79 Å². The summed E-state index contributed by atoms with van der Waals surface area (Å²) in [6.07, 6.45) is 4.70. The summed E-state index contributed by atoms with van der Waals surface area (Å²) in [6, 6.07) is 14.3. The fourth-order valence-electron chi connectivity index (χ4n) is 4.68. The number of hydrogen-bond acceptors (Lipinski definition) is 4. The van der Waals surface area contributed by atoms with E-state index < -0.39 is 10.0 Å². The monoisotopic (exact) mass is 442 g/mol. The number of likely N-dealkylation sites (tertiary alicyclic amines) is 1. The van der Waals surface area contributed by atoms with Gasteiger partial charge in [-0.05, 0) is 74.6 Å². The van der Waals surface area contributed by atoms with Gasteiger partial charge in [0.1, 0.15) is 5.75 Å². The Bertz CT molecular complexity index is 1020. The number of sulfonamides is 1. The van der Waals surface area contributed by atoms with Crippen LogP contribution >= 0.6 is 0 Å². The molecule has 2 aromatic carbocycles. The number of benzene rings is 2. The van der Waals surface area contributed by atoms with Crippen LogP contribution in [-0.4, -0.2) is 49.8 Å². The van der Waals surface area contributed by atoms with E-state index in [9.17, 15) is 13.2 Å². The number of nitrogens with zero attached hydrogens (tertiary/aromatic N) is 2. The molecule has 2 aromatic rings. The van der Waals surface area contributed by atoms with Crippen LogP contribution in [0.5, 0.6) is 5.75 Å². The summed E-state index contributed by atoms with van der Waals surface area (Å²) >= 11 is 0. The number of amides is 1. The van der Waals surface area contributed by atoms with Crippen LogP contribution in [0.2, 0.25) is 0 Å². The zero-order valence-corrected chi connectivity index (χ0v) is 19.0. The molecule has 0 unspecified atom stereocenters. The molecule has 2 fully saturated rings. The van der Waals surface area contributed by atoms with E-state index >= 15 is 0 Å². The van der Waals surface area contributed by atoms with E-state index in [2.05, 4.69) is 0 Å². The number of hydrogen-bond donors (Lipinski definition) is 0. The van der Waals surface area contributed by atoms with Gasteiger partial charge < -0.3 is 9.64 Å². The molecule has 2 heterocycles. The van der Waals surface area contributed by atoms with E-state index in [0.29, 0.717) is 18.7 Å². The minimum Gasteiger partial charge on any atom is -0.497 e. The molecule has 31 heavy (non-hydrogen) atoms. The Kier molecular flexibility index (Phi) is 6.34. The normalized spacial score (nSPS) is 22.5. The SMILES string of the molecule is COc1ccc([C@H]2CCCN2C(=O)c2ccc(S(=O)(=O)N3CCCC[C@H]3C)cc2)cc1. The summed E-state index contributed by atoms with van der Waals surface area (Å²) in [7, 11) is -1.90. The Morgan fingerprint density at radius 1 is 0.935 bits per heavy atom. The third-order valence-corrected chi connectivity index (χ3v) is 8.49. The number of carbonyl (C=O) groups is 1. The van der Waals surface area contributed by atoms with Crippen LogP contribution in [0.3, 0.4) is 0 Å². The lowest BCUT2D eigenvalue weighted by Crippen LogP contribution is -2.41. The largest absolute Gasteiger partial charge is 0.497 e. The molecule has 2 aliphatic rings. The van der Waals surface area contributed by atoms with Crippen molar-refractivity contribution in [1.82, 2.24) is 9.21 Å². The molecular weight excluding hydrogens is 412 g/mol. The fraction of sp³-hybridized carbons (Fsp3) is 0.458. The summed E-state index contributed by atoms with van der Waals surface area (Å²) in [5.74, 6) is 0.730. The second-order valence-corrected chi connectivity index (χ2v) is 10.3. The highest BCUT2D eigenvalue weighted by atomic mass is 32.2. The lowest BCUT2D eigenvalue weighted by atomic mass is 10.0. The molecule has 0 saturated carbocycles. The zero-order valence-electron chi connectivity index (χ0n) is 18.2. The van der Waals surface area contributed by atoms with Gasteiger partial charge in [-0.15, -0.1) is 0 Å². The second kappa shape index (κ2) is 9.01. The second-order valence-electron chi connectivity index (χ2n) is 8.41. The van der Waals surface area contributed by atoms with E-state index in [1.807, 2.05) is 36.1 Å². The van der Waals surface area contributed by atoms with Crippen molar-refractivity contribution in [2.24, 2.45) is 0 Å². The van der Waals surface area contributed by atoms with Crippen LogP contribution in [-0.2, 0) is 10.0 Å². The highest BCUT2D eigenvalue weighted by Gasteiger charge is 2.33. The minimum absolute atomic E-state index is 0.00918. The summed E-state index contributed by atoms with van der Waals surface area (Å²) in [5, 5.41) is 0. The first-order valence-corrected chi connectivity index (χ1v) is 12.4. The Balaban J connectivity index is 1.52. The molecule has 0 spiro atoms. The number of piperidine rings is 1. The standard InChI is InChI=1S/C24H30N2O4S/c1-18-6-3-4-17-26(18)31(28,29)22-14-10-20(11-15-22)24(27)25-16-5-7-23(25)19-8-12-21(30-2)13-9-19/h8-15,18,23H,3-7,16-17H2,1-2H3/t18-,23-/m1/s1. The van der Waals surface area contributed by atoms with Crippen molar-refractivity contribution in [2.45, 2.75) is 56.0 Å². The maximum Gasteiger partial charge on any atom is 0.254 e. The van der Waals surface area contributed by atoms with Crippen molar-refractivity contribution in [2.75, 3.05) is 20.2 Å². The molecule has 7 heteroatoms. The molecule has 0 N–H and O–H groups in total. The van der Waals surface area contributed by atoms with Crippen LogP contribution in [0, 0.1) is 0 Å². The predicted octanol–water partition coefficient (Wildman–Crippen LogP) is 4.24. The van der Waals surface area contributed by atoms with Gasteiger partial charge in [0.15, 0.2) is 0 Å². The Morgan fingerprint density at radius 3 is 2.29 bits per heavy atom. The summed E-state index contributed by atoms with van der Waals surface area (Å²) in [6.45, 7) is 3.21. The predicted molar refractivity (Wildman–Crippen MR) is 120 cm³/mol. The molecule has 4 rings (SSSR count). The maximum absolute atomic E-state index is 13.2. The highest BCUT2D eigenvalue weighted by molar-refractivity contribution is 7.89. The molecule has 2 atom stereocenters. The summed E-state index contributed by atoms with van der Waals surface area (Å²) in [5.41, 5.74) is 1.61. The average Bonchev–Trinajstić information content (AvgIpc) is 3.29. The summed E-state index contributed by atoms with van der Waals surface area (Å²) < 4.78 is 32.9. The van der Waals surface area contributed by atoms with Crippen LogP contribution < -0.4 is 4.74 Å². The van der Waals surface area contributed by atoms with Gasteiger partial charge in [-0.2, -0.15) is 4.31 Å². The van der Waals surface area contributed by atoms with Crippen molar-refractivity contribution in [1.29, 1.82) is 0 Å². The Hall–Kier alpha value is -2.38. The van der Waals surface area contributed by atoms with E-state index in [1.54, 1.807) is 35.7 Å². The first-order chi connectivity index (χ1) is 14.9. The maximum atomic E-state index is 13.2. The molecule has 0 aromatic heterocycles. The van der Waals surface area contributed by atoms with Crippen LogP contribution in [0.25, 0.3) is 0 Å². The number of ether oxygens (including phenoxy) is 1. The first-order valence-electron chi connectivity index (χ1n) is 11.0. The first kappa shape index (κ1) is 21.8. The molecule has 1 amide bonds. The van der Waals surface area contributed by atoms with Gasteiger partial charge in [0.25, 0.3) is 5.91 Å². The highest BCUT2D eigenvalue weighted by Crippen LogP contribution is 2.34. The molecule has 0 radical (unpaired) electrons. The third-order valence-electron chi connectivity index (χ3n) is 6.46. The smallest absolute Gasteiger partial charge is 0.254 e. The fourth-order valence-corrected chi connectivity index (χ4v) is 6.38. The van der Waals surface area contributed by atoms with Gasteiger partial charge in [0.05, 0.1) is 18.0 Å². The molecule has 6 nitrogen and oxygen atoms in total. The van der Waals surface area contributed by atoms with Crippen molar-refractivity contribution in [3.8, 4) is 5.75 Å². The van der Waals surface area contributed by atoms with Crippen LogP contribution in [0.15, 0.2) is 53.4 Å². The number of rotatable bonds is 5. The molecule has 0 aliphatic carbocycles. The van der Waals surface area contributed by atoms with Crippen molar-refractivity contribution in [3.63, 3.8) is 0 Å². The van der Waals surface area contributed by atoms with Crippen molar-refractivity contribution < 1.29 is 17.9 Å². The van der Waals surface area contributed by atoms with Gasteiger partial charge in [-0.25, -0.2) is 8.42 Å². The van der Waals surface area contributed by atoms with Gasteiger partial charge in [-0.1, -0.05) is 18.6 Å². The molecule has 2 saturated heterocycles. The minimum atomic E-state index is -3.54. The van der Waals surface area contributed by atoms with Crippen molar-refractivity contribution >= 4 is 15.9 Å². The molecular formula is C24H30N2O4S. The lowest BCUT2D eigenvalue weighted by Gasteiger charge is -2.32. The Morgan fingerprint density at radius 2 is 1.65 bits per heavy atom. The summed E-state index contributed by atoms with van der Waals surface area (Å²) in [4.78, 5) is 15.4. The van der Waals surface area contributed by atoms with E-state index in [4.69, 9.17) is 4.74 Å². The Labute approximate surface area is 184 Å². The molecule has 166 valence electrons. The van der Waals surface area contributed by atoms with Crippen LogP contribution in [0.4, 0.5) is 0 Å².